The number of benzene rings is 2. The van der Waals surface area contributed by atoms with Crippen molar-refractivity contribution in [1.82, 2.24) is 9.55 Å². The Bertz CT molecular complexity index is 899. The second kappa shape index (κ2) is 5.28. The zero-order valence-corrected chi connectivity index (χ0v) is 13.3. The van der Waals surface area contributed by atoms with E-state index in [1.54, 1.807) is 0 Å². The number of aromatic nitrogens is 2. The van der Waals surface area contributed by atoms with Crippen LogP contribution >= 0.6 is 0 Å². The van der Waals surface area contributed by atoms with Gasteiger partial charge < -0.3 is 19.8 Å². The Morgan fingerprint density at radius 3 is 2.61 bits per heavy atom. The van der Waals surface area contributed by atoms with Gasteiger partial charge in [-0.1, -0.05) is 12.1 Å². The number of hydrogen-bond acceptors (Lipinski definition) is 4. The van der Waals surface area contributed by atoms with Crippen LogP contribution in [-0.4, -0.2) is 22.9 Å². The lowest BCUT2D eigenvalue weighted by molar-refractivity contribution is 0.174. The van der Waals surface area contributed by atoms with Crippen molar-refractivity contribution >= 4 is 11.0 Å². The second-order valence-electron chi connectivity index (χ2n) is 5.87. The highest BCUT2D eigenvalue weighted by Gasteiger charge is 2.19. The first-order valence-corrected chi connectivity index (χ1v) is 7.75. The molecule has 118 valence electrons. The standard InChI is InChI=1S/C18H19N3O2/c1-11-3-4-13(7-12(11)2)18-20-14-8-16-17(23-10-22-16)9-15(14)21(18)6-5-19/h3-4,7-9H,5-6,10,19H2,1-2H3. The van der Waals surface area contributed by atoms with Gasteiger partial charge >= 0.3 is 0 Å². The third kappa shape index (κ3) is 2.24. The normalized spacial score (nSPS) is 13.0. The second-order valence-corrected chi connectivity index (χ2v) is 5.87. The van der Waals surface area contributed by atoms with Crippen molar-refractivity contribution in [1.29, 1.82) is 0 Å². The fraction of sp³-hybridized carbons (Fsp3) is 0.278. The van der Waals surface area contributed by atoms with Crippen molar-refractivity contribution < 1.29 is 9.47 Å². The molecule has 1 aliphatic heterocycles. The molecule has 0 saturated carbocycles. The van der Waals surface area contributed by atoms with Crippen LogP contribution in [0.15, 0.2) is 30.3 Å². The molecule has 2 aromatic carbocycles. The summed E-state index contributed by atoms with van der Waals surface area (Å²) in [5.74, 6) is 2.45. The largest absolute Gasteiger partial charge is 0.454 e. The highest BCUT2D eigenvalue weighted by Crippen LogP contribution is 2.37. The lowest BCUT2D eigenvalue weighted by Crippen LogP contribution is -2.11. The zero-order chi connectivity index (χ0) is 16.0. The van der Waals surface area contributed by atoms with E-state index in [-0.39, 0.29) is 6.79 Å². The van der Waals surface area contributed by atoms with E-state index in [1.807, 2.05) is 12.1 Å². The lowest BCUT2D eigenvalue weighted by Gasteiger charge is -2.09. The molecule has 0 spiro atoms. The van der Waals surface area contributed by atoms with Crippen molar-refractivity contribution in [3.05, 3.63) is 41.5 Å². The Labute approximate surface area is 134 Å². The average molecular weight is 309 g/mol. The van der Waals surface area contributed by atoms with Crippen molar-refractivity contribution in [2.45, 2.75) is 20.4 Å². The summed E-state index contributed by atoms with van der Waals surface area (Å²) < 4.78 is 13.1. The molecular weight excluding hydrogens is 290 g/mol. The third-order valence-electron chi connectivity index (χ3n) is 4.36. The van der Waals surface area contributed by atoms with Gasteiger partial charge in [0.1, 0.15) is 5.82 Å². The zero-order valence-electron chi connectivity index (χ0n) is 13.3. The molecule has 1 aliphatic rings. The van der Waals surface area contributed by atoms with Gasteiger partial charge in [-0.15, -0.1) is 0 Å². The van der Waals surface area contributed by atoms with E-state index in [0.717, 1.165) is 33.9 Å². The van der Waals surface area contributed by atoms with Crippen molar-refractivity contribution in [3.63, 3.8) is 0 Å². The highest BCUT2D eigenvalue weighted by atomic mass is 16.7. The van der Waals surface area contributed by atoms with Gasteiger partial charge in [-0.2, -0.15) is 0 Å². The molecule has 4 rings (SSSR count). The van der Waals surface area contributed by atoms with Crippen LogP contribution in [-0.2, 0) is 6.54 Å². The quantitative estimate of drug-likeness (QED) is 0.808. The monoisotopic (exact) mass is 309 g/mol. The molecule has 2 N–H and O–H groups in total. The molecule has 23 heavy (non-hydrogen) atoms. The van der Waals surface area contributed by atoms with Crippen LogP contribution in [0.5, 0.6) is 11.5 Å². The number of nitrogens with zero attached hydrogens (tertiary/aromatic N) is 2. The Morgan fingerprint density at radius 1 is 1.09 bits per heavy atom. The number of fused-ring (bicyclic) bond motifs is 2. The maximum atomic E-state index is 5.82. The number of nitrogens with two attached hydrogens (primary N) is 1. The summed E-state index contributed by atoms with van der Waals surface area (Å²) >= 11 is 0. The smallest absolute Gasteiger partial charge is 0.231 e. The fourth-order valence-corrected chi connectivity index (χ4v) is 2.97. The molecule has 3 aromatic rings. The summed E-state index contributed by atoms with van der Waals surface area (Å²) in [5, 5.41) is 0. The molecule has 0 fully saturated rings. The van der Waals surface area contributed by atoms with Gasteiger partial charge in [0, 0.05) is 30.8 Å². The molecule has 5 nitrogen and oxygen atoms in total. The average Bonchev–Trinajstić information content (AvgIpc) is 3.13. The molecule has 5 heteroatoms. The predicted octanol–water partition coefficient (Wildman–Crippen LogP) is 3.01. The van der Waals surface area contributed by atoms with Crippen LogP contribution in [0.1, 0.15) is 11.1 Å². The van der Waals surface area contributed by atoms with Crippen molar-refractivity contribution in [3.8, 4) is 22.9 Å². The molecule has 0 bridgehead atoms. The summed E-state index contributed by atoms with van der Waals surface area (Å²) in [7, 11) is 0. The van der Waals surface area contributed by atoms with E-state index in [2.05, 4.69) is 36.6 Å². The number of rotatable bonds is 3. The maximum absolute atomic E-state index is 5.82. The molecule has 2 heterocycles. The minimum absolute atomic E-state index is 0.267. The summed E-state index contributed by atoms with van der Waals surface area (Å²) in [4.78, 5) is 4.82. The first-order chi connectivity index (χ1) is 11.2. The Kier molecular flexibility index (Phi) is 3.23. The van der Waals surface area contributed by atoms with E-state index < -0.39 is 0 Å². The number of ether oxygens (including phenoxy) is 2. The van der Waals surface area contributed by atoms with E-state index in [0.29, 0.717) is 13.1 Å². The van der Waals surface area contributed by atoms with Crippen LogP contribution in [0.2, 0.25) is 0 Å². The maximum Gasteiger partial charge on any atom is 0.231 e. The summed E-state index contributed by atoms with van der Waals surface area (Å²) in [6.45, 7) is 5.76. The van der Waals surface area contributed by atoms with Crippen LogP contribution in [0.25, 0.3) is 22.4 Å². The minimum atomic E-state index is 0.267. The summed E-state index contributed by atoms with van der Waals surface area (Å²) in [5.41, 5.74) is 11.4. The van der Waals surface area contributed by atoms with E-state index in [1.165, 1.54) is 11.1 Å². The molecular formula is C18H19N3O2. The van der Waals surface area contributed by atoms with Crippen molar-refractivity contribution in [2.24, 2.45) is 5.73 Å². The number of hydrogen-bond donors (Lipinski definition) is 1. The molecule has 0 saturated heterocycles. The van der Waals surface area contributed by atoms with E-state index in [9.17, 15) is 0 Å². The van der Waals surface area contributed by atoms with Crippen LogP contribution < -0.4 is 15.2 Å². The van der Waals surface area contributed by atoms with Gasteiger partial charge in [0.15, 0.2) is 11.5 Å². The summed E-state index contributed by atoms with van der Waals surface area (Å²) in [6.07, 6.45) is 0. The van der Waals surface area contributed by atoms with Gasteiger partial charge in [0.25, 0.3) is 0 Å². The SMILES string of the molecule is Cc1ccc(-c2nc3cc4c(cc3n2CCN)OCO4)cc1C. The third-order valence-corrected chi connectivity index (χ3v) is 4.36. The first-order valence-electron chi connectivity index (χ1n) is 7.75. The predicted molar refractivity (Wildman–Crippen MR) is 89.8 cm³/mol. The number of aryl methyl sites for hydroxylation is 2. The van der Waals surface area contributed by atoms with Gasteiger partial charge in [-0.3, -0.25) is 0 Å². The molecule has 1 aromatic heterocycles. The summed E-state index contributed by atoms with van der Waals surface area (Å²) in [6, 6.07) is 10.3. The van der Waals surface area contributed by atoms with Gasteiger partial charge in [0.05, 0.1) is 11.0 Å². The molecule has 0 atom stereocenters. The fourth-order valence-electron chi connectivity index (χ4n) is 2.97. The van der Waals surface area contributed by atoms with Crippen LogP contribution in [0.4, 0.5) is 0 Å². The van der Waals surface area contributed by atoms with Crippen LogP contribution in [0, 0.1) is 13.8 Å². The van der Waals surface area contributed by atoms with Gasteiger partial charge in [0.2, 0.25) is 6.79 Å². The minimum Gasteiger partial charge on any atom is -0.454 e. The molecule has 0 unspecified atom stereocenters. The lowest BCUT2D eigenvalue weighted by atomic mass is 10.1. The molecule has 0 amide bonds. The van der Waals surface area contributed by atoms with Crippen molar-refractivity contribution in [2.75, 3.05) is 13.3 Å². The van der Waals surface area contributed by atoms with E-state index in [4.69, 9.17) is 20.2 Å². The first kappa shape index (κ1) is 14.1. The topological polar surface area (TPSA) is 62.3 Å². The molecule has 0 aliphatic carbocycles. The van der Waals surface area contributed by atoms with E-state index >= 15 is 0 Å². The Hall–Kier alpha value is -2.53. The number of imidazole rings is 1. The Morgan fingerprint density at radius 2 is 1.87 bits per heavy atom. The Balaban J connectivity index is 1.94. The molecule has 0 radical (unpaired) electrons. The highest BCUT2D eigenvalue weighted by molar-refractivity contribution is 5.84. The van der Waals surface area contributed by atoms with Gasteiger partial charge in [-0.05, 0) is 31.0 Å². The van der Waals surface area contributed by atoms with Crippen LogP contribution in [0.3, 0.4) is 0 Å². The van der Waals surface area contributed by atoms with Gasteiger partial charge in [-0.25, -0.2) is 4.98 Å².